The summed E-state index contributed by atoms with van der Waals surface area (Å²) in [4.78, 5) is 0. The van der Waals surface area contributed by atoms with Gasteiger partial charge in [-0.1, -0.05) is 54.5 Å². The van der Waals surface area contributed by atoms with Crippen molar-refractivity contribution in [3.8, 4) is 0 Å². The zero-order chi connectivity index (χ0) is 31.9. The van der Waals surface area contributed by atoms with E-state index in [1.54, 1.807) is 0 Å². The molecule has 1 aliphatic carbocycles. The van der Waals surface area contributed by atoms with Crippen LogP contribution in [0.4, 0.5) is 17.6 Å². The Hall–Kier alpha value is -2.01. The van der Waals surface area contributed by atoms with Crippen LogP contribution in [0.1, 0.15) is 125 Å². The molecule has 1 fully saturated rings. The van der Waals surface area contributed by atoms with E-state index in [1.807, 2.05) is 13.8 Å². The molecule has 2 aromatic rings. The molecule has 0 radical (unpaired) electrons. The summed E-state index contributed by atoms with van der Waals surface area (Å²) in [7, 11) is -2.32. The molecule has 5 rings (SSSR count). The maximum atomic E-state index is 15.0. The number of rotatable bonds is 4. The first-order valence-electron chi connectivity index (χ1n) is 15.3. The third kappa shape index (κ3) is 5.55. The largest absolute Gasteiger partial charge is 0.618 e. The van der Waals surface area contributed by atoms with Crippen molar-refractivity contribution in [2.75, 3.05) is 13.2 Å². The van der Waals surface area contributed by atoms with Gasteiger partial charge in [-0.25, -0.2) is 4.39 Å². The predicted octanol–water partition coefficient (Wildman–Crippen LogP) is 8.76. The lowest BCUT2D eigenvalue weighted by atomic mass is 9.69. The van der Waals surface area contributed by atoms with Gasteiger partial charge >= 0.3 is 6.18 Å². The van der Waals surface area contributed by atoms with Crippen molar-refractivity contribution >= 4 is 8.32 Å². The first-order chi connectivity index (χ1) is 19.7. The average Bonchev–Trinajstić information content (AvgIpc) is 3.15. The number of halogens is 4. The molecule has 3 heterocycles. The highest BCUT2D eigenvalue weighted by Gasteiger charge is 2.56. The predicted molar refractivity (Wildman–Crippen MR) is 159 cm³/mol. The molecule has 238 valence electrons. The first kappa shape index (κ1) is 32.4. The van der Waals surface area contributed by atoms with E-state index in [-0.39, 0.29) is 28.0 Å². The summed E-state index contributed by atoms with van der Waals surface area (Å²) in [5.41, 5.74) is 1.50. The smallest absolute Gasteiger partial charge is 0.419 e. The van der Waals surface area contributed by atoms with Gasteiger partial charge in [-0.05, 0) is 47.7 Å². The zero-order valence-electron chi connectivity index (χ0n) is 26.8. The number of pyridine rings is 1. The molecule has 0 bridgehead atoms. The fourth-order valence-corrected chi connectivity index (χ4v) is 8.20. The van der Waals surface area contributed by atoms with E-state index in [0.29, 0.717) is 55.8 Å². The lowest BCUT2D eigenvalue weighted by Gasteiger charge is -2.45. The minimum atomic E-state index is -4.82. The number of alkyl halides is 3. The van der Waals surface area contributed by atoms with Crippen LogP contribution in [-0.2, 0) is 32.1 Å². The molecule has 2 atom stereocenters. The SMILES string of the molecule is CC(C)c1c2c(c3c([n+]1[O-])CC(C)(C)CC3O[Si](C)(C)C(C)(C)C)C1(CCOCC1)OC2c1ccc(C(F)(F)F)c(F)c1. The van der Waals surface area contributed by atoms with Crippen LogP contribution in [0.3, 0.4) is 0 Å². The normalized spacial score (nSPS) is 23.5. The van der Waals surface area contributed by atoms with Gasteiger partial charge in [-0.3, -0.25) is 0 Å². The molecule has 3 aliphatic rings. The van der Waals surface area contributed by atoms with Gasteiger partial charge in [0.15, 0.2) is 14.0 Å². The molecule has 1 saturated heterocycles. The molecule has 0 amide bonds. The van der Waals surface area contributed by atoms with Gasteiger partial charge in [0.25, 0.3) is 0 Å². The number of hydrogen-bond donors (Lipinski definition) is 0. The standard InChI is InChI=1S/C33H45F4NO4Si/c1-19(2)28-26-27(25-23(38(28)39)17-31(6,7)18-24(25)42-43(8,9)30(3,4)5)32(12-14-40-15-13-32)41-29(26)20-10-11-21(22(34)16-20)33(35,36)37/h10-11,16,19,24,29H,12-15,17-18H2,1-9H3. The number of aromatic nitrogens is 1. The molecule has 43 heavy (non-hydrogen) atoms. The van der Waals surface area contributed by atoms with Gasteiger partial charge in [-0.2, -0.15) is 17.9 Å². The van der Waals surface area contributed by atoms with Crippen LogP contribution in [0.25, 0.3) is 0 Å². The number of ether oxygens (including phenoxy) is 2. The molecule has 2 aliphatic heterocycles. The van der Waals surface area contributed by atoms with E-state index < -0.39 is 37.6 Å². The Labute approximate surface area is 253 Å². The number of hydrogen-bond acceptors (Lipinski definition) is 4. The average molecular weight is 624 g/mol. The van der Waals surface area contributed by atoms with Crippen LogP contribution >= 0.6 is 0 Å². The molecule has 10 heteroatoms. The van der Waals surface area contributed by atoms with Crippen molar-refractivity contribution in [3.63, 3.8) is 0 Å². The zero-order valence-corrected chi connectivity index (χ0v) is 27.8. The fourth-order valence-electron chi connectivity index (χ4n) is 6.93. The molecule has 0 saturated carbocycles. The van der Waals surface area contributed by atoms with Crippen LogP contribution in [0, 0.1) is 16.4 Å². The van der Waals surface area contributed by atoms with Crippen molar-refractivity contribution < 1.29 is 36.2 Å². The van der Waals surface area contributed by atoms with Gasteiger partial charge < -0.3 is 19.1 Å². The molecular formula is C33H45F4NO4Si. The minimum Gasteiger partial charge on any atom is -0.618 e. The van der Waals surface area contributed by atoms with Crippen molar-refractivity contribution in [1.82, 2.24) is 0 Å². The van der Waals surface area contributed by atoms with Crippen molar-refractivity contribution in [1.29, 1.82) is 0 Å². The van der Waals surface area contributed by atoms with Gasteiger partial charge in [0.1, 0.15) is 11.9 Å². The molecule has 1 spiro atoms. The maximum Gasteiger partial charge on any atom is 0.419 e. The van der Waals surface area contributed by atoms with Crippen molar-refractivity contribution in [3.05, 3.63) is 68.4 Å². The Morgan fingerprint density at radius 2 is 1.70 bits per heavy atom. The quantitative estimate of drug-likeness (QED) is 0.148. The van der Waals surface area contributed by atoms with Gasteiger partial charge in [0.05, 0.1) is 28.4 Å². The third-order valence-electron chi connectivity index (χ3n) is 10.0. The van der Waals surface area contributed by atoms with Crippen LogP contribution in [0.15, 0.2) is 18.2 Å². The summed E-state index contributed by atoms with van der Waals surface area (Å²) < 4.78 is 76.3. The Morgan fingerprint density at radius 1 is 1.07 bits per heavy atom. The lowest BCUT2D eigenvalue weighted by Crippen LogP contribution is -2.49. The highest BCUT2D eigenvalue weighted by atomic mass is 28.4. The summed E-state index contributed by atoms with van der Waals surface area (Å²) in [6.45, 7) is 20.0. The van der Waals surface area contributed by atoms with E-state index in [1.165, 1.54) is 6.07 Å². The van der Waals surface area contributed by atoms with Gasteiger partial charge in [-0.15, -0.1) is 0 Å². The van der Waals surface area contributed by atoms with E-state index >= 15 is 0 Å². The van der Waals surface area contributed by atoms with Gasteiger partial charge in [0.2, 0.25) is 5.69 Å². The first-order valence-corrected chi connectivity index (χ1v) is 18.2. The van der Waals surface area contributed by atoms with Gasteiger partial charge in [0, 0.05) is 44.0 Å². The van der Waals surface area contributed by atoms with Crippen LogP contribution in [0.2, 0.25) is 18.1 Å². The Kier molecular flexibility index (Phi) is 7.93. The second-order valence-corrected chi connectivity index (χ2v) is 20.0. The van der Waals surface area contributed by atoms with Crippen LogP contribution in [0.5, 0.6) is 0 Å². The monoisotopic (exact) mass is 623 g/mol. The topological polar surface area (TPSA) is 54.6 Å². The molecular weight excluding hydrogens is 578 g/mol. The molecule has 2 unspecified atom stereocenters. The van der Waals surface area contributed by atoms with Crippen molar-refractivity contribution in [2.45, 2.75) is 122 Å². The van der Waals surface area contributed by atoms with Crippen LogP contribution < -0.4 is 4.73 Å². The fraction of sp³-hybridized carbons (Fsp3) is 0.667. The van der Waals surface area contributed by atoms with Crippen LogP contribution in [-0.4, -0.2) is 21.5 Å². The maximum absolute atomic E-state index is 15.0. The van der Waals surface area contributed by atoms with E-state index in [2.05, 4.69) is 47.7 Å². The molecule has 5 nitrogen and oxygen atoms in total. The van der Waals surface area contributed by atoms with Crippen molar-refractivity contribution in [2.24, 2.45) is 5.41 Å². The second kappa shape index (κ2) is 10.5. The molecule has 0 N–H and O–H groups in total. The summed E-state index contributed by atoms with van der Waals surface area (Å²) in [6, 6.07) is 2.97. The highest BCUT2D eigenvalue weighted by molar-refractivity contribution is 6.74. The Balaban J connectivity index is 1.82. The molecule has 1 aromatic carbocycles. The van der Waals surface area contributed by atoms with E-state index in [4.69, 9.17) is 13.9 Å². The summed E-state index contributed by atoms with van der Waals surface area (Å²) in [5.74, 6) is -1.58. The van der Waals surface area contributed by atoms with E-state index in [0.717, 1.165) is 28.0 Å². The number of fused-ring (bicyclic) bond motifs is 4. The molecule has 1 aromatic heterocycles. The van der Waals surface area contributed by atoms with E-state index in [9.17, 15) is 22.8 Å². The summed E-state index contributed by atoms with van der Waals surface area (Å²) in [6.07, 6.45) is -3.78. The summed E-state index contributed by atoms with van der Waals surface area (Å²) in [5, 5.41) is 14.4. The Bertz CT molecular complexity index is 1410. The lowest BCUT2D eigenvalue weighted by molar-refractivity contribution is -0.626. The Morgan fingerprint density at radius 3 is 2.23 bits per heavy atom. The third-order valence-corrected chi connectivity index (χ3v) is 14.5. The number of benzene rings is 1. The summed E-state index contributed by atoms with van der Waals surface area (Å²) >= 11 is 0. The second-order valence-electron chi connectivity index (χ2n) is 15.2. The number of nitrogens with zero attached hydrogens (tertiary/aromatic N) is 1. The minimum absolute atomic E-state index is 0.0730. The highest BCUT2D eigenvalue weighted by Crippen LogP contribution is 2.58.